The molecule has 1 saturated heterocycles. The summed E-state index contributed by atoms with van der Waals surface area (Å²) in [5.41, 5.74) is 0. The van der Waals surface area contributed by atoms with Gasteiger partial charge in [0.25, 0.3) is 0 Å². The van der Waals surface area contributed by atoms with Crippen molar-refractivity contribution in [1.82, 2.24) is 19.9 Å². The molecule has 2 rings (SSSR count). The Morgan fingerprint density at radius 2 is 2.41 bits per heavy atom. The average Bonchev–Trinajstić information content (AvgIpc) is 2.94. The summed E-state index contributed by atoms with van der Waals surface area (Å²) in [6.07, 6.45) is 0.696. The van der Waals surface area contributed by atoms with Crippen LogP contribution in [0.2, 0.25) is 0 Å². The number of aliphatic hydroxyl groups excluding tert-OH is 1. The first-order chi connectivity index (χ1) is 10.6. The van der Waals surface area contributed by atoms with Crippen LogP contribution in [0.4, 0.5) is 10.6 Å². The fourth-order valence-electron chi connectivity index (χ4n) is 2.05. The highest BCUT2D eigenvalue weighted by molar-refractivity contribution is 5.83. The lowest BCUT2D eigenvalue weighted by atomic mass is 10.2. The van der Waals surface area contributed by atoms with E-state index in [2.05, 4.69) is 15.5 Å². The Bertz CT molecular complexity index is 520. The monoisotopic (exact) mass is 313 g/mol. The number of rotatable bonds is 5. The van der Waals surface area contributed by atoms with Gasteiger partial charge in [-0.3, -0.25) is 10.1 Å². The van der Waals surface area contributed by atoms with Crippen LogP contribution < -0.4 is 5.32 Å². The molecular weight excluding hydrogens is 294 g/mol. The van der Waals surface area contributed by atoms with Crippen LogP contribution in [0, 0.1) is 0 Å². The van der Waals surface area contributed by atoms with Crippen LogP contribution in [0.3, 0.4) is 0 Å². The molecule has 0 aliphatic carbocycles. The summed E-state index contributed by atoms with van der Waals surface area (Å²) in [4.78, 5) is 26.2. The third-order valence-corrected chi connectivity index (χ3v) is 3.08. The highest BCUT2D eigenvalue weighted by Gasteiger charge is 2.27. The van der Waals surface area contributed by atoms with E-state index in [-0.39, 0.29) is 37.5 Å². The summed E-state index contributed by atoms with van der Waals surface area (Å²) < 4.78 is 9.94. The van der Waals surface area contributed by atoms with Gasteiger partial charge in [-0.1, -0.05) is 0 Å². The molecule has 10 nitrogen and oxygen atoms in total. The van der Waals surface area contributed by atoms with Crippen molar-refractivity contribution in [3.63, 3.8) is 0 Å². The smallest absolute Gasteiger partial charge is 0.412 e. The Morgan fingerprint density at radius 3 is 3.14 bits per heavy atom. The maximum atomic E-state index is 12.2. The molecule has 2 amide bonds. The molecule has 122 valence electrons. The van der Waals surface area contributed by atoms with Gasteiger partial charge in [0.05, 0.1) is 38.7 Å². The molecular formula is C12H19N5O5. The number of hydrogen-bond acceptors (Lipinski definition) is 7. The number of carbonyl (C=O) groups is 2. The van der Waals surface area contributed by atoms with E-state index < -0.39 is 6.09 Å². The zero-order valence-electron chi connectivity index (χ0n) is 12.3. The molecule has 22 heavy (non-hydrogen) atoms. The summed E-state index contributed by atoms with van der Waals surface area (Å²) in [6.45, 7) is 2.86. The van der Waals surface area contributed by atoms with Gasteiger partial charge in [-0.25, -0.2) is 4.79 Å². The molecule has 0 saturated carbocycles. The van der Waals surface area contributed by atoms with Gasteiger partial charge in [-0.05, 0) is 6.92 Å². The van der Waals surface area contributed by atoms with Crippen molar-refractivity contribution in [2.45, 2.75) is 19.5 Å². The standard InChI is InChI=1S/C12H19N5O5/c1-2-22-12(20)14-10-5-13-17(15-10)6-11(19)16-3-4-21-8-9(16)7-18/h5,9,18H,2-4,6-8H2,1H3,(H,14,15,20). The molecule has 1 fully saturated rings. The quantitative estimate of drug-likeness (QED) is 0.720. The van der Waals surface area contributed by atoms with E-state index in [0.717, 1.165) is 0 Å². The Labute approximate surface area is 127 Å². The highest BCUT2D eigenvalue weighted by atomic mass is 16.5. The molecule has 1 unspecified atom stereocenters. The minimum atomic E-state index is -0.630. The van der Waals surface area contributed by atoms with Gasteiger partial charge in [0, 0.05) is 6.54 Å². The summed E-state index contributed by atoms with van der Waals surface area (Å²) in [5, 5.41) is 19.5. The molecule has 1 aliphatic heterocycles. The first-order valence-corrected chi connectivity index (χ1v) is 6.96. The summed E-state index contributed by atoms with van der Waals surface area (Å²) >= 11 is 0. The van der Waals surface area contributed by atoms with E-state index in [9.17, 15) is 14.7 Å². The molecule has 0 bridgehead atoms. The zero-order chi connectivity index (χ0) is 15.9. The van der Waals surface area contributed by atoms with Gasteiger partial charge in [0.15, 0.2) is 5.82 Å². The lowest BCUT2D eigenvalue weighted by Crippen LogP contribution is -2.51. The van der Waals surface area contributed by atoms with Crippen molar-refractivity contribution in [3.05, 3.63) is 6.20 Å². The van der Waals surface area contributed by atoms with Crippen molar-refractivity contribution >= 4 is 17.8 Å². The largest absolute Gasteiger partial charge is 0.450 e. The van der Waals surface area contributed by atoms with E-state index in [1.807, 2.05) is 0 Å². The van der Waals surface area contributed by atoms with Crippen molar-refractivity contribution in [2.75, 3.05) is 38.3 Å². The topological polar surface area (TPSA) is 119 Å². The van der Waals surface area contributed by atoms with Crippen molar-refractivity contribution < 1.29 is 24.2 Å². The van der Waals surface area contributed by atoms with Crippen molar-refractivity contribution in [2.24, 2.45) is 0 Å². The number of aromatic nitrogens is 3. The molecule has 1 aliphatic rings. The van der Waals surface area contributed by atoms with Gasteiger partial charge in [0.2, 0.25) is 5.91 Å². The second-order valence-corrected chi connectivity index (χ2v) is 4.60. The summed E-state index contributed by atoms with van der Waals surface area (Å²) in [7, 11) is 0. The molecule has 1 atom stereocenters. The van der Waals surface area contributed by atoms with E-state index in [1.165, 1.54) is 11.0 Å². The Balaban J connectivity index is 1.91. The third-order valence-electron chi connectivity index (χ3n) is 3.08. The lowest BCUT2D eigenvalue weighted by Gasteiger charge is -2.34. The number of nitrogens with zero attached hydrogens (tertiary/aromatic N) is 4. The van der Waals surface area contributed by atoms with E-state index in [1.54, 1.807) is 11.8 Å². The van der Waals surface area contributed by atoms with Crippen LogP contribution in [0.5, 0.6) is 0 Å². The number of ether oxygens (including phenoxy) is 2. The van der Waals surface area contributed by atoms with Gasteiger partial charge in [-0.15, -0.1) is 5.10 Å². The van der Waals surface area contributed by atoms with Crippen LogP contribution in [-0.4, -0.2) is 76.0 Å². The van der Waals surface area contributed by atoms with Crippen molar-refractivity contribution in [1.29, 1.82) is 0 Å². The molecule has 0 radical (unpaired) electrons. The first kappa shape index (κ1) is 16.2. The van der Waals surface area contributed by atoms with Crippen LogP contribution in [0.15, 0.2) is 6.20 Å². The van der Waals surface area contributed by atoms with Gasteiger partial charge < -0.3 is 19.5 Å². The number of amides is 2. The average molecular weight is 313 g/mol. The predicted molar refractivity (Wildman–Crippen MR) is 74.1 cm³/mol. The van der Waals surface area contributed by atoms with Crippen LogP contribution in [0.25, 0.3) is 0 Å². The molecule has 2 N–H and O–H groups in total. The molecule has 1 aromatic heterocycles. The third kappa shape index (κ3) is 4.15. The first-order valence-electron chi connectivity index (χ1n) is 6.96. The van der Waals surface area contributed by atoms with Crippen LogP contribution in [0.1, 0.15) is 6.92 Å². The minimum Gasteiger partial charge on any atom is -0.450 e. The molecule has 0 spiro atoms. The van der Waals surface area contributed by atoms with Gasteiger partial charge in [0.1, 0.15) is 6.54 Å². The second kappa shape index (κ2) is 7.71. The number of hydrogen-bond donors (Lipinski definition) is 2. The number of anilines is 1. The number of carbonyl (C=O) groups excluding carboxylic acids is 2. The summed E-state index contributed by atoms with van der Waals surface area (Å²) in [6, 6.07) is -0.353. The van der Waals surface area contributed by atoms with E-state index >= 15 is 0 Å². The van der Waals surface area contributed by atoms with Crippen LogP contribution >= 0.6 is 0 Å². The normalized spacial score (nSPS) is 18.1. The number of aliphatic hydroxyl groups is 1. The summed E-state index contributed by atoms with van der Waals surface area (Å²) in [5.74, 6) is -0.0208. The van der Waals surface area contributed by atoms with Crippen molar-refractivity contribution in [3.8, 4) is 0 Å². The molecule has 2 heterocycles. The number of nitrogens with one attached hydrogen (secondary N) is 1. The van der Waals surface area contributed by atoms with Gasteiger partial charge >= 0.3 is 6.09 Å². The van der Waals surface area contributed by atoms with Gasteiger partial charge in [-0.2, -0.15) is 9.90 Å². The highest BCUT2D eigenvalue weighted by Crippen LogP contribution is 2.08. The lowest BCUT2D eigenvalue weighted by molar-refractivity contribution is -0.142. The molecule has 0 aromatic carbocycles. The Hall–Kier alpha value is -2.20. The predicted octanol–water partition coefficient (Wildman–Crippen LogP) is -0.934. The number of morpholine rings is 1. The Morgan fingerprint density at radius 1 is 1.59 bits per heavy atom. The van der Waals surface area contributed by atoms with E-state index in [4.69, 9.17) is 9.47 Å². The zero-order valence-corrected chi connectivity index (χ0v) is 12.3. The fraction of sp³-hybridized carbons (Fsp3) is 0.667. The minimum absolute atomic E-state index is 0.0823. The Kier molecular flexibility index (Phi) is 5.67. The van der Waals surface area contributed by atoms with Crippen LogP contribution in [-0.2, 0) is 20.8 Å². The fourth-order valence-corrected chi connectivity index (χ4v) is 2.05. The maximum Gasteiger partial charge on any atom is 0.412 e. The second-order valence-electron chi connectivity index (χ2n) is 4.60. The molecule has 10 heteroatoms. The maximum absolute atomic E-state index is 12.2. The SMILES string of the molecule is CCOC(=O)Nc1cnn(CC(=O)N2CCOCC2CO)n1. The van der Waals surface area contributed by atoms with E-state index in [0.29, 0.717) is 19.8 Å². The molecule has 1 aromatic rings.